The Hall–Kier alpha value is -5.79. The maximum Gasteiger partial charge on any atom is 0.245 e. The Bertz CT molecular complexity index is 1600. The van der Waals surface area contributed by atoms with Crippen LogP contribution in [-0.4, -0.2) is 155 Å². The van der Waals surface area contributed by atoms with E-state index in [2.05, 4.69) is 31.9 Å². The van der Waals surface area contributed by atoms with Gasteiger partial charge in [-0.05, 0) is 44.6 Å². The lowest BCUT2D eigenvalue weighted by Gasteiger charge is -2.26. The van der Waals surface area contributed by atoms with Crippen molar-refractivity contribution in [2.45, 2.75) is 100 Å². The SMILES string of the molecule is C[C@@H](O)[C@H](NC(=O)[C@H](CO)NC(=O)C(N)CCCC(=O)NCCCCNC(=O)C(CO)NC(=O)C(N)Cc1ccccc1)C(=O)N[C@@H](CC(N)=O)C(=O)NC(CO)C(N)=O. The van der Waals surface area contributed by atoms with E-state index >= 15 is 0 Å². The van der Waals surface area contributed by atoms with Gasteiger partial charge in [-0.2, -0.15) is 0 Å². The largest absolute Gasteiger partial charge is 0.394 e. The Balaban J connectivity index is 2.50. The lowest BCUT2D eigenvalue weighted by molar-refractivity contribution is -0.137. The Kier molecular flexibility index (Phi) is 24.2. The molecule has 0 aliphatic rings. The molecule has 336 valence electrons. The molecule has 0 bridgehead atoms. The van der Waals surface area contributed by atoms with Gasteiger partial charge in [0.05, 0.1) is 44.4 Å². The van der Waals surface area contributed by atoms with Gasteiger partial charge in [-0.3, -0.25) is 43.2 Å². The van der Waals surface area contributed by atoms with Gasteiger partial charge < -0.3 is 80.6 Å². The standard InChI is InChI=1S/C36H59N11O13/c1-19(51)29(36(60)43-23(15-27(39)52)34(58)44-24(16-48)30(40)54)47-35(59)26(18-50)46-31(55)21(37)10-7-11-28(53)41-12-5-6-13-42-33(57)25(17-49)45-32(56)22(38)14-20-8-3-2-4-9-20/h2-4,8-9,19,21-26,29,48-51H,5-7,10-18,37-38H2,1H3,(H2,39,52)(H2,40,54)(H,41,53)(H,42,57)(H,43,60)(H,44,58)(H,45,56)(H,46,55)(H,47,59)/t19-,21?,22?,23+,24?,25?,26+,29+/m1/s1. The molecule has 0 aromatic heterocycles. The van der Waals surface area contributed by atoms with Crippen LogP contribution in [0.5, 0.6) is 0 Å². The molecule has 0 spiro atoms. The maximum atomic E-state index is 13.0. The number of hydrogen-bond donors (Lipinski definition) is 15. The molecule has 0 saturated heterocycles. The summed E-state index contributed by atoms with van der Waals surface area (Å²) < 4.78 is 0. The van der Waals surface area contributed by atoms with Crippen LogP contribution in [0.1, 0.15) is 51.0 Å². The van der Waals surface area contributed by atoms with Gasteiger partial charge in [0.2, 0.25) is 53.2 Å². The summed E-state index contributed by atoms with van der Waals surface area (Å²) in [6.07, 6.45) is -1.14. The van der Waals surface area contributed by atoms with Crippen molar-refractivity contribution in [3.8, 4) is 0 Å². The van der Waals surface area contributed by atoms with Crippen LogP contribution in [0.2, 0.25) is 0 Å². The Morgan fingerprint density at radius 3 is 1.63 bits per heavy atom. The molecule has 0 saturated carbocycles. The number of rotatable bonds is 29. The summed E-state index contributed by atoms with van der Waals surface area (Å²) in [6, 6.07) is -1.08. The number of aliphatic hydroxyl groups excluding tert-OH is 4. The minimum Gasteiger partial charge on any atom is -0.394 e. The lowest BCUT2D eigenvalue weighted by atomic mass is 10.1. The van der Waals surface area contributed by atoms with Gasteiger partial charge >= 0.3 is 0 Å². The number of primary amides is 2. The third kappa shape index (κ3) is 19.8. The van der Waals surface area contributed by atoms with Crippen LogP contribution in [0.4, 0.5) is 0 Å². The van der Waals surface area contributed by atoms with Crippen molar-refractivity contribution in [3.05, 3.63) is 35.9 Å². The fourth-order valence-electron chi connectivity index (χ4n) is 5.23. The molecular formula is C36H59N11O13. The summed E-state index contributed by atoms with van der Waals surface area (Å²) in [5, 5.41) is 55.0. The summed E-state index contributed by atoms with van der Waals surface area (Å²) in [7, 11) is 0. The minimum absolute atomic E-state index is 0.0142. The third-order valence-corrected chi connectivity index (χ3v) is 8.69. The number of amides is 9. The molecule has 9 amide bonds. The van der Waals surface area contributed by atoms with Crippen LogP contribution in [-0.2, 0) is 49.6 Å². The zero-order valence-electron chi connectivity index (χ0n) is 33.3. The molecule has 24 nitrogen and oxygen atoms in total. The number of nitrogens with two attached hydrogens (primary N) is 4. The minimum atomic E-state index is -1.81. The van der Waals surface area contributed by atoms with Crippen LogP contribution in [0.3, 0.4) is 0 Å². The molecule has 0 aliphatic carbocycles. The van der Waals surface area contributed by atoms with Crippen molar-refractivity contribution in [3.63, 3.8) is 0 Å². The lowest BCUT2D eigenvalue weighted by Crippen LogP contribution is -2.62. The van der Waals surface area contributed by atoms with Gasteiger partial charge in [-0.1, -0.05) is 30.3 Å². The highest BCUT2D eigenvalue weighted by Gasteiger charge is 2.34. The Morgan fingerprint density at radius 1 is 0.600 bits per heavy atom. The van der Waals surface area contributed by atoms with Crippen molar-refractivity contribution in [1.82, 2.24) is 37.2 Å². The van der Waals surface area contributed by atoms with Crippen molar-refractivity contribution >= 4 is 53.2 Å². The van der Waals surface area contributed by atoms with E-state index < -0.39 is 122 Å². The predicted octanol–water partition coefficient (Wildman–Crippen LogP) is -7.79. The molecule has 0 aliphatic heterocycles. The second-order valence-electron chi connectivity index (χ2n) is 13.7. The number of carbonyl (C=O) groups excluding carboxylic acids is 9. The van der Waals surface area contributed by atoms with Crippen molar-refractivity contribution in [1.29, 1.82) is 0 Å². The molecule has 19 N–H and O–H groups in total. The van der Waals surface area contributed by atoms with E-state index in [4.69, 9.17) is 22.9 Å². The molecule has 1 rings (SSSR count). The van der Waals surface area contributed by atoms with Gasteiger partial charge in [0.15, 0.2) is 0 Å². The fraction of sp³-hybridized carbons (Fsp3) is 0.583. The van der Waals surface area contributed by atoms with E-state index in [1.807, 2.05) is 35.6 Å². The number of unbranched alkanes of at least 4 members (excludes halogenated alkanes) is 1. The number of benzene rings is 1. The molecule has 4 unspecified atom stereocenters. The van der Waals surface area contributed by atoms with Crippen LogP contribution in [0, 0.1) is 0 Å². The van der Waals surface area contributed by atoms with Crippen molar-refractivity contribution < 1.29 is 63.6 Å². The highest BCUT2D eigenvalue weighted by molar-refractivity contribution is 5.97. The molecule has 0 radical (unpaired) electrons. The van der Waals surface area contributed by atoms with Gasteiger partial charge in [-0.15, -0.1) is 0 Å². The normalized spacial score (nSPS) is 14.9. The zero-order chi connectivity index (χ0) is 45.4. The molecule has 60 heavy (non-hydrogen) atoms. The molecule has 8 atom stereocenters. The number of hydrogen-bond acceptors (Lipinski definition) is 15. The van der Waals surface area contributed by atoms with E-state index in [-0.39, 0.29) is 44.7 Å². The molecule has 0 fully saturated rings. The quantitative estimate of drug-likeness (QED) is 0.0333. The Labute approximate surface area is 345 Å². The van der Waals surface area contributed by atoms with E-state index in [0.717, 1.165) is 12.5 Å². The van der Waals surface area contributed by atoms with E-state index in [9.17, 15) is 63.6 Å². The first-order valence-electron chi connectivity index (χ1n) is 19.0. The first kappa shape index (κ1) is 52.2. The molecule has 1 aromatic rings. The van der Waals surface area contributed by atoms with Crippen molar-refractivity contribution in [2.24, 2.45) is 22.9 Å². The molecule has 0 heterocycles. The maximum absolute atomic E-state index is 13.0. The number of carbonyl (C=O) groups is 9. The molecule has 1 aromatic carbocycles. The number of aliphatic hydroxyl groups is 4. The van der Waals surface area contributed by atoms with Crippen molar-refractivity contribution in [2.75, 3.05) is 32.9 Å². The second kappa shape index (κ2) is 27.8. The van der Waals surface area contributed by atoms with Gasteiger partial charge in [0.25, 0.3) is 0 Å². The average Bonchev–Trinajstić information content (AvgIpc) is 3.20. The van der Waals surface area contributed by atoms with Gasteiger partial charge in [0, 0.05) is 19.5 Å². The molecule has 24 heteroatoms. The summed E-state index contributed by atoms with van der Waals surface area (Å²) >= 11 is 0. The van der Waals surface area contributed by atoms with Crippen LogP contribution < -0.4 is 60.2 Å². The third-order valence-electron chi connectivity index (χ3n) is 8.69. The predicted molar refractivity (Wildman–Crippen MR) is 211 cm³/mol. The highest BCUT2D eigenvalue weighted by atomic mass is 16.3. The Morgan fingerprint density at radius 2 is 1.10 bits per heavy atom. The van der Waals surface area contributed by atoms with E-state index in [1.165, 1.54) is 0 Å². The summed E-state index contributed by atoms with van der Waals surface area (Å²) in [5.41, 5.74) is 22.9. The van der Waals surface area contributed by atoms with E-state index in [1.54, 1.807) is 0 Å². The highest BCUT2D eigenvalue weighted by Crippen LogP contribution is 2.04. The zero-order valence-corrected chi connectivity index (χ0v) is 33.3. The fourth-order valence-corrected chi connectivity index (χ4v) is 5.23. The monoisotopic (exact) mass is 853 g/mol. The van der Waals surface area contributed by atoms with E-state index in [0.29, 0.717) is 12.8 Å². The van der Waals surface area contributed by atoms with Gasteiger partial charge in [0.1, 0.15) is 30.2 Å². The smallest absolute Gasteiger partial charge is 0.245 e. The first-order valence-corrected chi connectivity index (χ1v) is 19.0. The number of nitrogens with one attached hydrogen (secondary N) is 7. The average molecular weight is 854 g/mol. The van der Waals surface area contributed by atoms with Crippen LogP contribution in [0.15, 0.2) is 30.3 Å². The second-order valence-corrected chi connectivity index (χ2v) is 13.7. The topological polar surface area (TPSA) is 423 Å². The summed E-state index contributed by atoms with van der Waals surface area (Å²) in [5.74, 6) is -8.14. The molecular weight excluding hydrogens is 794 g/mol. The first-order chi connectivity index (χ1) is 28.3. The summed E-state index contributed by atoms with van der Waals surface area (Å²) in [6.45, 7) is -0.976. The summed E-state index contributed by atoms with van der Waals surface area (Å²) in [4.78, 5) is 111. The van der Waals surface area contributed by atoms with Crippen LogP contribution in [0.25, 0.3) is 0 Å². The van der Waals surface area contributed by atoms with Crippen LogP contribution >= 0.6 is 0 Å². The van der Waals surface area contributed by atoms with Gasteiger partial charge in [-0.25, -0.2) is 0 Å².